The predicted octanol–water partition coefficient (Wildman–Crippen LogP) is 4.66. The minimum Gasteiger partial charge on any atom is -0.497 e. The van der Waals surface area contributed by atoms with Crippen LogP contribution in [0.15, 0.2) is 35.1 Å². The Hall–Kier alpha value is -1.53. The van der Waals surface area contributed by atoms with Gasteiger partial charge in [0, 0.05) is 13.0 Å². The molecule has 3 nitrogen and oxygen atoms in total. The lowest BCUT2D eigenvalue weighted by Crippen LogP contribution is -2.43. The number of allylic oxidation sites excluding steroid dienone is 6. The van der Waals surface area contributed by atoms with Crippen LogP contribution >= 0.6 is 0 Å². The van der Waals surface area contributed by atoms with Gasteiger partial charge in [0.05, 0.1) is 18.2 Å². The predicted molar refractivity (Wildman–Crippen MR) is 97.4 cm³/mol. The number of hydrogen-bond donors (Lipinski definition) is 1. The van der Waals surface area contributed by atoms with Crippen LogP contribution in [0.3, 0.4) is 0 Å². The molecule has 1 saturated carbocycles. The van der Waals surface area contributed by atoms with E-state index in [4.69, 9.17) is 10.00 Å². The standard InChI is InChI=1S/C22H29NO2/c23-12-2-14-25-17-5-7-18-16(15-17)4-6-20-19(18)8-10-22(11-13-24)9-1-3-21(20)22/h1,3,15,19-21,24H,2,4-11,13-14H2/t19-,20-,21+,22?/m1/s1. The maximum Gasteiger partial charge on any atom is 0.101 e. The van der Waals surface area contributed by atoms with Crippen LogP contribution in [0.2, 0.25) is 0 Å². The molecule has 0 aliphatic heterocycles. The normalized spacial score (nSPS) is 36.2. The van der Waals surface area contributed by atoms with Gasteiger partial charge in [0.15, 0.2) is 0 Å². The largest absolute Gasteiger partial charge is 0.497 e. The van der Waals surface area contributed by atoms with E-state index in [1.165, 1.54) is 37.7 Å². The van der Waals surface area contributed by atoms with Gasteiger partial charge in [-0.05, 0) is 79.8 Å². The lowest BCUT2D eigenvalue weighted by atomic mass is 9.53. The number of fused-ring (bicyclic) bond motifs is 4. The van der Waals surface area contributed by atoms with Gasteiger partial charge >= 0.3 is 0 Å². The molecule has 1 N–H and O–H groups in total. The van der Waals surface area contributed by atoms with Crippen molar-refractivity contribution in [3.63, 3.8) is 0 Å². The molecule has 0 aromatic heterocycles. The SMILES string of the molecule is N#CCCOC1=CC2=C(CC1)[C@H]1CCC3(CCO)CC=C[C@H]3[C@@H]1CC2. The molecule has 0 aromatic carbocycles. The summed E-state index contributed by atoms with van der Waals surface area (Å²) in [6, 6.07) is 2.15. The third-order valence-electron chi connectivity index (χ3n) is 7.20. The third kappa shape index (κ3) is 2.95. The summed E-state index contributed by atoms with van der Waals surface area (Å²) in [4.78, 5) is 0. The molecular formula is C22H29NO2. The molecule has 0 aromatic rings. The van der Waals surface area contributed by atoms with Gasteiger partial charge < -0.3 is 9.84 Å². The number of nitriles is 1. The summed E-state index contributed by atoms with van der Waals surface area (Å²) >= 11 is 0. The van der Waals surface area contributed by atoms with Gasteiger partial charge in [-0.15, -0.1) is 0 Å². The maximum absolute atomic E-state index is 9.58. The first-order valence-electron chi connectivity index (χ1n) is 9.97. The first-order chi connectivity index (χ1) is 12.3. The smallest absolute Gasteiger partial charge is 0.101 e. The summed E-state index contributed by atoms with van der Waals surface area (Å²) in [5.41, 5.74) is 3.57. The highest BCUT2D eigenvalue weighted by atomic mass is 16.5. The van der Waals surface area contributed by atoms with E-state index < -0.39 is 0 Å². The van der Waals surface area contributed by atoms with Crippen LogP contribution in [0, 0.1) is 34.5 Å². The Balaban J connectivity index is 1.52. The summed E-state index contributed by atoms with van der Waals surface area (Å²) in [5, 5.41) is 18.2. The van der Waals surface area contributed by atoms with E-state index in [9.17, 15) is 5.11 Å². The van der Waals surface area contributed by atoms with Crippen molar-refractivity contribution in [2.24, 2.45) is 23.2 Å². The first-order valence-corrected chi connectivity index (χ1v) is 9.97. The molecule has 4 atom stereocenters. The Morgan fingerprint density at radius 1 is 1.28 bits per heavy atom. The van der Waals surface area contributed by atoms with Crippen molar-refractivity contribution in [2.75, 3.05) is 13.2 Å². The van der Waals surface area contributed by atoms with Gasteiger partial charge in [-0.25, -0.2) is 0 Å². The molecular weight excluding hydrogens is 310 g/mol. The molecule has 0 amide bonds. The molecule has 25 heavy (non-hydrogen) atoms. The van der Waals surface area contributed by atoms with Gasteiger partial charge in [-0.2, -0.15) is 5.26 Å². The highest BCUT2D eigenvalue weighted by Gasteiger charge is 2.50. The molecule has 134 valence electrons. The zero-order valence-electron chi connectivity index (χ0n) is 15.0. The lowest BCUT2D eigenvalue weighted by Gasteiger charge is -2.51. The van der Waals surface area contributed by atoms with E-state index in [1.54, 1.807) is 5.57 Å². The average molecular weight is 339 g/mol. The molecule has 0 spiro atoms. The molecule has 0 heterocycles. The molecule has 1 unspecified atom stereocenters. The monoisotopic (exact) mass is 339 g/mol. The number of hydrogen-bond acceptors (Lipinski definition) is 3. The molecule has 0 radical (unpaired) electrons. The number of aliphatic hydroxyl groups excluding tert-OH is 1. The zero-order valence-corrected chi connectivity index (χ0v) is 15.0. The number of nitrogens with zero attached hydrogens (tertiary/aromatic N) is 1. The van der Waals surface area contributed by atoms with Crippen LogP contribution in [0.4, 0.5) is 0 Å². The molecule has 4 aliphatic rings. The topological polar surface area (TPSA) is 53.2 Å². The van der Waals surface area contributed by atoms with Gasteiger partial charge in [-0.1, -0.05) is 17.7 Å². The second-order valence-corrected chi connectivity index (χ2v) is 8.26. The molecule has 1 fully saturated rings. The molecule has 0 saturated heterocycles. The molecule has 4 aliphatic carbocycles. The molecule has 3 heteroatoms. The summed E-state index contributed by atoms with van der Waals surface area (Å²) in [5.74, 6) is 3.26. The fourth-order valence-corrected chi connectivity index (χ4v) is 6.09. The summed E-state index contributed by atoms with van der Waals surface area (Å²) in [7, 11) is 0. The maximum atomic E-state index is 9.58. The van der Waals surface area contributed by atoms with E-state index in [2.05, 4.69) is 24.3 Å². The van der Waals surface area contributed by atoms with Crippen molar-refractivity contribution in [3.05, 3.63) is 35.1 Å². The summed E-state index contributed by atoms with van der Waals surface area (Å²) in [6.07, 6.45) is 16.9. The summed E-state index contributed by atoms with van der Waals surface area (Å²) in [6.45, 7) is 0.850. The third-order valence-corrected chi connectivity index (χ3v) is 7.20. The van der Waals surface area contributed by atoms with Crippen LogP contribution in [-0.4, -0.2) is 18.3 Å². The highest BCUT2D eigenvalue weighted by Crippen LogP contribution is 2.60. The van der Waals surface area contributed by atoms with Crippen molar-refractivity contribution in [1.82, 2.24) is 0 Å². The van der Waals surface area contributed by atoms with E-state index in [0.29, 0.717) is 31.0 Å². The van der Waals surface area contributed by atoms with Crippen LogP contribution in [0.1, 0.15) is 57.8 Å². The van der Waals surface area contributed by atoms with E-state index in [1.807, 2.05) is 0 Å². The number of rotatable bonds is 5. The van der Waals surface area contributed by atoms with Crippen molar-refractivity contribution < 1.29 is 9.84 Å². The van der Waals surface area contributed by atoms with Gasteiger partial charge in [0.25, 0.3) is 0 Å². The van der Waals surface area contributed by atoms with Crippen molar-refractivity contribution in [2.45, 2.75) is 57.8 Å². The van der Waals surface area contributed by atoms with Crippen molar-refractivity contribution in [3.8, 4) is 6.07 Å². The number of aliphatic hydroxyl groups is 1. The van der Waals surface area contributed by atoms with Gasteiger partial charge in [-0.3, -0.25) is 0 Å². The molecule has 0 bridgehead atoms. The Labute approximate surface area is 151 Å². The number of ether oxygens (including phenoxy) is 1. The fraction of sp³-hybridized carbons (Fsp3) is 0.682. The van der Waals surface area contributed by atoms with E-state index in [-0.39, 0.29) is 0 Å². The average Bonchev–Trinajstić information content (AvgIpc) is 3.06. The van der Waals surface area contributed by atoms with Gasteiger partial charge in [0.1, 0.15) is 6.61 Å². The van der Waals surface area contributed by atoms with E-state index >= 15 is 0 Å². The van der Waals surface area contributed by atoms with Gasteiger partial charge in [0.2, 0.25) is 0 Å². The second-order valence-electron chi connectivity index (χ2n) is 8.26. The Morgan fingerprint density at radius 3 is 3.04 bits per heavy atom. The zero-order chi connectivity index (χ0) is 17.3. The van der Waals surface area contributed by atoms with Crippen LogP contribution < -0.4 is 0 Å². The Kier molecular flexibility index (Phi) is 4.73. The lowest BCUT2D eigenvalue weighted by molar-refractivity contribution is 0.0245. The Morgan fingerprint density at radius 2 is 2.20 bits per heavy atom. The summed E-state index contributed by atoms with van der Waals surface area (Å²) < 4.78 is 5.79. The minimum atomic E-state index is 0.329. The quantitative estimate of drug-likeness (QED) is 0.585. The first kappa shape index (κ1) is 16.9. The van der Waals surface area contributed by atoms with Crippen LogP contribution in [0.5, 0.6) is 0 Å². The Bertz CT molecular complexity index is 653. The molecule has 4 rings (SSSR count). The minimum absolute atomic E-state index is 0.329. The highest BCUT2D eigenvalue weighted by molar-refractivity contribution is 5.37. The second kappa shape index (κ2) is 7.00. The van der Waals surface area contributed by atoms with Crippen LogP contribution in [0.25, 0.3) is 0 Å². The van der Waals surface area contributed by atoms with E-state index in [0.717, 1.165) is 36.9 Å². The van der Waals surface area contributed by atoms with Crippen molar-refractivity contribution >= 4 is 0 Å². The fourth-order valence-electron chi connectivity index (χ4n) is 6.09. The van der Waals surface area contributed by atoms with Crippen molar-refractivity contribution in [1.29, 1.82) is 5.26 Å². The van der Waals surface area contributed by atoms with Crippen LogP contribution in [-0.2, 0) is 4.74 Å².